The predicted molar refractivity (Wildman–Crippen MR) is 133 cm³/mol. The van der Waals surface area contributed by atoms with Crippen molar-refractivity contribution in [3.8, 4) is 17.2 Å². The van der Waals surface area contributed by atoms with E-state index in [1.165, 1.54) is 0 Å². The van der Waals surface area contributed by atoms with Crippen LogP contribution >= 0.6 is 11.3 Å². The molecule has 0 radical (unpaired) electrons. The highest BCUT2D eigenvalue weighted by atomic mass is 32.2. The lowest BCUT2D eigenvalue weighted by atomic mass is 9.99. The number of aryl methyl sites for hydroxylation is 1. The monoisotopic (exact) mass is 553 g/mol. The van der Waals surface area contributed by atoms with Crippen LogP contribution in [0, 0.1) is 24.2 Å². The van der Waals surface area contributed by atoms with E-state index in [9.17, 15) is 31.6 Å². The second-order valence-corrected chi connectivity index (χ2v) is 11.8. The topological polar surface area (TPSA) is 117 Å². The number of imidazole rings is 1. The maximum atomic E-state index is 13.1. The van der Waals surface area contributed by atoms with E-state index in [0.717, 1.165) is 27.6 Å². The minimum absolute atomic E-state index is 0.191. The van der Waals surface area contributed by atoms with Gasteiger partial charge in [0.25, 0.3) is 10.0 Å². The van der Waals surface area contributed by atoms with Crippen molar-refractivity contribution >= 4 is 27.4 Å². The summed E-state index contributed by atoms with van der Waals surface area (Å²) in [7, 11) is -4.45. The number of urea groups is 1. The van der Waals surface area contributed by atoms with E-state index in [1.807, 2.05) is 36.9 Å². The normalized spacial score (nSPS) is 11.9. The van der Waals surface area contributed by atoms with Gasteiger partial charge in [0, 0.05) is 41.5 Å². The summed E-state index contributed by atoms with van der Waals surface area (Å²) in [6.45, 7) is 5.48. The van der Waals surface area contributed by atoms with E-state index in [1.54, 1.807) is 35.2 Å². The molecule has 2 N–H and O–H groups in total. The average Bonchev–Trinajstić information content (AvgIpc) is 3.38. The molecule has 0 saturated heterocycles. The van der Waals surface area contributed by atoms with Gasteiger partial charge in [-0.05, 0) is 37.0 Å². The number of rotatable bonds is 9. The summed E-state index contributed by atoms with van der Waals surface area (Å²) in [5, 5.41) is 11.8. The smallest absolute Gasteiger partial charge is 0.337 e. The summed E-state index contributed by atoms with van der Waals surface area (Å²) in [5.74, 6) is 1.00. The van der Waals surface area contributed by atoms with Gasteiger partial charge in [-0.1, -0.05) is 26.0 Å². The van der Waals surface area contributed by atoms with Gasteiger partial charge in [-0.3, -0.25) is 0 Å². The third-order valence-electron chi connectivity index (χ3n) is 5.29. The summed E-state index contributed by atoms with van der Waals surface area (Å²) in [6.07, 6.45) is -1.75. The maximum absolute atomic E-state index is 13.1. The SMILES string of the molecule is Cc1nccn1Cc1ccc(-c2cc(CC(C)C)sc2S(=O)(=O)NC(=O)NCCC(F)(F)F)c(C#N)c1. The Bertz CT molecular complexity index is 1420. The Morgan fingerprint density at radius 3 is 2.57 bits per heavy atom. The standard InChI is InChI=1S/C24H26F3N5O3S2/c1-15(2)10-19-12-21(22(36-19)37(34,35)31-23(33)30-7-6-24(25,26)27)20-5-4-17(11-18(20)13-28)14-32-9-8-29-16(32)3/h4-5,8-9,11-12,15H,6-7,10,14H2,1-3H3,(H2,30,31,33). The van der Waals surface area contributed by atoms with E-state index in [2.05, 4.69) is 11.1 Å². The van der Waals surface area contributed by atoms with Crippen LogP contribution in [0.4, 0.5) is 18.0 Å². The van der Waals surface area contributed by atoms with Gasteiger partial charge in [0.2, 0.25) is 0 Å². The third-order valence-corrected chi connectivity index (χ3v) is 8.32. The molecule has 0 atom stereocenters. The third kappa shape index (κ3) is 7.56. The van der Waals surface area contributed by atoms with E-state index in [4.69, 9.17) is 0 Å². The first-order valence-electron chi connectivity index (χ1n) is 11.3. The number of amides is 2. The molecule has 0 unspecified atom stereocenters. The first kappa shape index (κ1) is 28.2. The van der Waals surface area contributed by atoms with Crippen LogP contribution in [0.15, 0.2) is 40.9 Å². The second-order valence-electron chi connectivity index (χ2n) is 8.83. The van der Waals surface area contributed by atoms with Crippen LogP contribution in [0.3, 0.4) is 0 Å². The molecule has 2 heterocycles. The molecule has 0 fully saturated rings. The van der Waals surface area contributed by atoms with Gasteiger partial charge in [0.05, 0.1) is 18.1 Å². The molecule has 0 saturated carbocycles. The van der Waals surface area contributed by atoms with Gasteiger partial charge in [0.1, 0.15) is 10.0 Å². The molecule has 0 spiro atoms. The van der Waals surface area contributed by atoms with Crippen LogP contribution in [0.2, 0.25) is 0 Å². The van der Waals surface area contributed by atoms with E-state index < -0.39 is 35.2 Å². The van der Waals surface area contributed by atoms with E-state index in [0.29, 0.717) is 18.5 Å². The van der Waals surface area contributed by atoms with Crippen LogP contribution in [0.1, 0.15) is 42.1 Å². The van der Waals surface area contributed by atoms with Crippen LogP contribution in [0.25, 0.3) is 11.1 Å². The van der Waals surface area contributed by atoms with Gasteiger partial charge >= 0.3 is 12.2 Å². The number of carbonyl (C=O) groups excluding carboxylic acids is 1. The highest BCUT2D eigenvalue weighted by Gasteiger charge is 2.29. The van der Waals surface area contributed by atoms with Crippen molar-refractivity contribution in [1.29, 1.82) is 5.26 Å². The van der Waals surface area contributed by atoms with Crippen LogP contribution in [-0.2, 0) is 23.0 Å². The Morgan fingerprint density at radius 2 is 1.97 bits per heavy atom. The quantitative estimate of drug-likeness (QED) is 0.388. The lowest BCUT2D eigenvalue weighted by molar-refractivity contribution is -0.132. The van der Waals surface area contributed by atoms with Crippen molar-refractivity contribution in [2.45, 2.75) is 50.5 Å². The highest BCUT2D eigenvalue weighted by Crippen LogP contribution is 2.38. The zero-order valence-electron chi connectivity index (χ0n) is 20.4. The number of nitriles is 1. The van der Waals surface area contributed by atoms with Crippen LogP contribution < -0.4 is 10.0 Å². The van der Waals surface area contributed by atoms with E-state index >= 15 is 0 Å². The van der Waals surface area contributed by atoms with Gasteiger partial charge in [-0.2, -0.15) is 18.4 Å². The lowest BCUT2D eigenvalue weighted by Crippen LogP contribution is -2.40. The van der Waals surface area contributed by atoms with Crippen molar-refractivity contribution in [1.82, 2.24) is 19.6 Å². The lowest BCUT2D eigenvalue weighted by Gasteiger charge is -2.12. The number of benzene rings is 1. The number of thiophene rings is 1. The van der Waals surface area contributed by atoms with Crippen molar-refractivity contribution in [2.75, 3.05) is 6.54 Å². The molecule has 13 heteroatoms. The number of nitrogens with zero attached hydrogens (tertiary/aromatic N) is 3. The summed E-state index contributed by atoms with van der Waals surface area (Å²) in [5.41, 5.74) is 1.68. The van der Waals surface area contributed by atoms with Crippen molar-refractivity contribution in [3.05, 3.63) is 58.5 Å². The molecule has 37 heavy (non-hydrogen) atoms. The Morgan fingerprint density at radius 1 is 1.24 bits per heavy atom. The molecule has 2 amide bonds. The Labute approximate surface area is 217 Å². The largest absolute Gasteiger partial charge is 0.390 e. The summed E-state index contributed by atoms with van der Waals surface area (Å²) in [4.78, 5) is 17.0. The molecule has 198 valence electrons. The average molecular weight is 554 g/mol. The molecule has 1 aromatic carbocycles. The van der Waals surface area contributed by atoms with Crippen LogP contribution in [0.5, 0.6) is 0 Å². The maximum Gasteiger partial charge on any atom is 0.390 e. The van der Waals surface area contributed by atoms with Gasteiger partial charge in [0.15, 0.2) is 0 Å². The number of hydrogen-bond acceptors (Lipinski definition) is 6. The van der Waals surface area contributed by atoms with Gasteiger partial charge < -0.3 is 9.88 Å². The Hall–Kier alpha value is -3.37. The summed E-state index contributed by atoms with van der Waals surface area (Å²) >= 11 is 0.957. The zero-order valence-corrected chi connectivity index (χ0v) is 22.0. The molecule has 8 nitrogen and oxygen atoms in total. The fourth-order valence-corrected chi connectivity index (χ4v) is 6.48. The Kier molecular flexibility index (Phi) is 8.65. The minimum atomic E-state index is -4.49. The summed E-state index contributed by atoms with van der Waals surface area (Å²) in [6, 6.07) is 7.64. The van der Waals surface area contributed by atoms with Gasteiger partial charge in [-0.25, -0.2) is 22.9 Å². The molecule has 0 aliphatic carbocycles. The molecule has 0 aliphatic heterocycles. The number of aromatic nitrogens is 2. The number of halogens is 3. The Balaban J connectivity index is 1.95. The van der Waals surface area contributed by atoms with Crippen molar-refractivity contribution in [2.24, 2.45) is 5.92 Å². The molecule has 2 aromatic heterocycles. The number of nitrogens with one attached hydrogen (secondary N) is 2. The van der Waals surface area contributed by atoms with E-state index in [-0.39, 0.29) is 21.3 Å². The number of sulfonamides is 1. The highest BCUT2D eigenvalue weighted by molar-refractivity contribution is 7.92. The fraction of sp³-hybridized carbons (Fsp3) is 0.375. The molecule has 3 rings (SSSR count). The molecular weight excluding hydrogens is 527 g/mol. The van der Waals surface area contributed by atoms with Crippen molar-refractivity contribution < 1.29 is 26.4 Å². The van der Waals surface area contributed by atoms with Gasteiger partial charge in [-0.15, -0.1) is 11.3 Å². The number of hydrogen-bond donors (Lipinski definition) is 2. The number of carbonyl (C=O) groups is 1. The van der Waals surface area contributed by atoms with Crippen molar-refractivity contribution in [3.63, 3.8) is 0 Å². The molecule has 0 aliphatic rings. The first-order valence-corrected chi connectivity index (χ1v) is 13.6. The predicted octanol–water partition coefficient (Wildman–Crippen LogP) is 4.98. The number of alkyl halides is 3. The summed E-state index contributed by atoms with van der Waals surface area (Å²) < 4.78 is 66.9. The fourth-order valence-electron chi connectivity index (χ4n) is 3.62. The zero-order chi connectivity index (χ0) is 27.4. The second kappa shape index (κ2) is 11.4. The minimum Gasteiger partial charge on any atom is -0.337 e. The molecule has 0 bridgehead atoms. The van der Waals surface area contributed by atoms with Crippen LogP contribution in [-0.4, -0.2) is 36.7 Å². The molecular formula is C24H26F3N5O3S2. The molecule has 3 aromatic rings. The first-order chi connectivity index (χ1) is 17.3.